The smallest absolute Gasteiger partial charge is 0.222 e. The molecule has 16 heavy (non-hydrogen) atoms. The third-order valence-corrected chi connectivity index (χ3v) is 3.06. The van der Waals surface area contributed by atoms with Crippen LogP contribution in [-0.4, -0.2) is 42.0 Å². The summed E-state index contributed by atoms with van der Waals surface area (Å²) in [6.45, 7) is 8.44. The minimum absolute atomic E-state index is 0.0896. The maximum absolute atomic E-state index is 11.6. The number of alkyl halides is 1. The third-order valence-electron chi connectivity index (χ3n) is 2.62. The van der Waals surface area contributed by atoms with Gasteiger partial charge in [-0.3, -0.25) is 4.79 Å². The van der Waals surface area contributed by atoms with E-state index >= 15 is 0 Å². The first-order valence-electron chi connectivity index (χ1n) is 5.90. The monoisotopic (exact) mass is 247 g/mol. The Bertz CT molecular complexity index is 238. The molecule has 0 saturated carbocycles. The Balaban J connectivity index is 2.16. The number of hydrogen-bond donors (Lipinski definition) is 0. The lowest BCUT2D eigenvalue weighted by Gasteiger charge is -2.21. The molecule has 0 aromatic carbocycles. The molecule has 1 aliphatic heterocycles. The average Bonchev–Trinajstić information content (AvgIpc) is 2.53. The van der Waals surface area contributed by atoms with Crippen molar-refractivity contribution in [3.63, 3.8) is 0 Å². The van der Waals surface area contributed by atoms with Crippen molar-refractivity contribution < 1.29 is 9.53 Å². The lowest BCUT2D eigenvalue weighted by molar-refractivity contribution is -0.128. The van der Waals surface area contributed by atoms with Crippen LogP contribution >= 0.6 is 11.6 Å². The fourth-order valence-electron chi connectivity index (χ4n) is 1.81. The minimum Gasteiger partial charge on any atom is -0.376 e. The number of ether oxygens (including phenoxy) is 1. The van der Waals surface area contributed by atoms with Crippen LogP contribution in [0.25, 0.3) is 0 Å². The van der Waals surface area contributed by atoms with E-state index in [2.05, 4.69) is 0 Å². The van der Waals surface area contributed by atoms with Crippen molar-refractivity contribution >= 4 is 17.5 Å². The van der Waals surface area contributed by atoms with E-state index in [-0.39, 0.29) is 11.5 Å². The Morgan fingerprint density at radius 2 is 2.19 bits per heavy atom. The Morgan fingerprint density at radius 3 is 2.69 bits per heavy atom. The van der Waals surface area contributed by atoms with Gasteiger partial charge in [0.1, 0.15) is 0 Å². The van der Waals surface area contributed by atoms with Gasteiger partial charge < -0.3 is 9.64 Å². The zero-order valence-electron chi connectivity index (χ0n) is 10.5. The Morgan fingerprint density at radius 1 is 1.50 bits per heavy atom. The number of carbonyl (C=O) groups is 1. The molecular formula is C12H22ClNO2. The van der Waals surface area contributed by atoms with E-state index in [1.54, 1.807) is 0 Å². The third kappa shape index (κ3) is 4.71. The second-order valence-corrected chi connectivity index (χ2v) is 5.69. The molecule has 0 radical (unpaired) electrons. The van der Waals surface area contributed by atoms with Crippen LogP contribution in [0.2, 0.25) is 0 Å². The molecule has 0 spiro atoms. The number of amides is 1. The van der Waals surface area contributed by atoms with E-state index < -0.39 is 0 Å². The van der Waals surface area contributed by atoms with Gasteiger partial charge in [-0.1, -0.05) is 0 Å². The SMILES string of the molecule is CC(C)(C)OCCCN1CC(CCl)CC1=O. The van der Waals surface area contributed by atoms with E-state index in [4.69, 9.17) is 16.3 Å². The van der Waals surface area contributed by atoms with Gasteiger partial charge >= 0.3 is 0 Å². The van der Waals surface area contributed by atoms with Crippen LogP contribution in [0.3, 0.4) is 0 Å². The first-order valence-corrected chi connectivity index (χ1v) is 6.43. The molecule has 1 fully saturated rings. The van der Waals surface area contributed by atoms with Crippen molar-refractivity contribution in [3.8, 4) is 0 Å². The van der Waals surface area contributed by atoms with E-state index in [9.17, 15) is 4.79 Å². The van der Waals surface area contributed by atoms with Gasteiger partial charge in [-0.05, 0) is 33.1 Å². The standard InChI is InChI=1S/C12H22ClNO2/c1-12(2,3)16-6-4-5-14-9-10(8-13)7-11(14)15/h10H,4-9H2,1-3H3. The molecule has 0 aromatic rings. The van der Waals surface area contributed by atoms with Crippen LogP contribution in [0.4, 0.5) is 0 Å². The van der Waals surface area contributed by atoms with Gasteiger partial charge in [0.15, 0.2) is 0 Å². The molecule has 0 aromatic heterocycles. The summed E-state index contributed by atoms with van der Waals surface area (Å²) in [6, 6.07) is 0. The Labute approximate surface area is 103 Å². The van der Waals surface area contributed by atoms with Crippen LogP contribution in [0.1, 0.15) is 33.6 Å². The minimum atomic E-state index is -0.0896. The zero-order valence-corrected chi connectivity index (χ0v) is 11.2. The van der Waals surface area contributed by atoms with Crippen LogP contribution in [0.15, 0.2) is 0 Å². The van der Waals surface area contributed by atoms with Crippen molar-refractivity contribution in [2.24, 2.45) is 5.92 Å². The number of likely N-dealkylation sites (tertiary alicyclic amines) is 1. The van der Waals surface area contributed by atoms with E-state index in [1.165, 1.54) is 0 Å². The maximum atomic E-state index is 11.6. The molecule has 0 aliphatic carbocycles. The predicted molar refractivity (Wildman–Crippen MR) is 65.7 cm³/mol. The molecule has 1 amide bonds. The number of hydrogen-bond acceptors (Lipinski definition) is 2. The lowest BCUT2D eigenvalue weighted by atomic mass is 10.1. The summed E-state index contributed by atoms with van der Waals surface area (Å²) >= 11 is 5.76. The highest BCUT2D eigenvalue weighted by Crippen LogP contribution is 2.19. The second-order valence-electron chi connectivity index (χ2n) is 5.38. The van der Waals surface area contributed by atoms with Crippen LogP contribution in [-0.2, 0) is 9.53 Å². The number of carbonyl (C=O) groups excluding carboxylic acids is 1. The Kier molecular flexibility index (Phi) is 5.06. The van der Waals surface area contributed by atoms with Crippen LogP contribution in [0, 0.1) is 5.92 Å². The first-order chi connectivity index (χ1) is 7.42. The molecular weight excluding hydrogens is 226 g/mol. The fraction of sp³-hybridized carbons (Fsp3) is 0.917. The van der Waals surface area contributed by atoms with Crippen molar-refractivity contribution in [2.75, 3.05) is 25.6 Å². The molecule has 1 aliphatic rings. The molecule has 0 bridgehead atoms. The van der Waals surface area contributed by atoms with Gasteiger partial charge in [0.25, 0.3) is 0 Å². The molecule has 4 heteroatoms. The van der Waals surface area contributed by atoms with Crippen LogP contribution < -0.4 is 0 Å². The van der Waals surface area contributed by atoms with Crippen molar-refractivity contribution in [3.05, 3.63) is 0 Å². The lowest BCUT2D eigenvalue weighted by Crippen LogP contribution is -2.28. The predicted octanol–water partition coefficient (Wildman–Crippen LogP) is 2.28. The van der Waals surface area contributed by atoms with Crippen LogP contribution in [0.5, 0.6) is 0 Å². The summed E-state index contributed by atoms with van der Waals surface area (Å²) in [7, 11) is 0. The number of halogens is 1. The highest BCUT2D eigenvalue weighted by Gasteiger charge is 2.28. The fourth-order valence-corrected chi connectivity index (χ4v) is 2.01. The highest BCUT2D eigenvalue weighted by molar-refractivity contribution is 6.18. The highest BCUT2D eigenvalue weighted by atomic mass is 35.5. The molecule has 0 N–H and O–H groups in total. The molecule has 3 nitrogen and oxygen atoms in total. The largest absolute Gasteiger partial charge is 0.376 e. The van der Waals surface area contributed by atoms with E-state index in [1.807, 2.05) is 25.7 Å². The summed E-state index contributed by atoms with van der Waals surface area (Å²) in [5.74, 6) is 1.17. The molecule has 1 heterocycles. The number of nitrogens with zero attached hydrogens (tertiary/aromatic N) is 1. The summed E-state index contributed by atoms with van der Waals surface area (Å²) in [5.41, 5.74) is -0.0896. The van der Waals surface area contributed by atoms with E-state index in [0.29, 0.717) is 24.8 Å². The molecule has 1 saturated heterocycles. The van der Waals surface area contributed by atoms with Gasteiger partial charge in [0, 0.05) is 32.0 Å². The first kappa shape index (κ1) is 13.8. The molecule has 94 valence electrons. The summed E-state index contributed by atoms with van der Waals surface area (Å²) < 4.78 is 5.61. The van der Waals surface area contributed by atoms with Crippen molar-refractivity contribution in [2.45, 2.75) is 39.2 Å². The normalized spacial score (nSPS) is 21.9. The van der Waals surface area contributed by atoms with Crippen molar-refractivity contribution in [1.82, 2.24) is 4.90 Å². The zero-order chi connectivity index (χ0) is 12.2. The molecule has 1 atom stereocenters. The topological polar surface area (TPSA) is 29.5 Å². The summed E-state index contributed by atoms with van der Waals surface area (Å²) in [6.07, 6.45) is 1.52. The van der Waals surface area contributed by atoms with Crippen molar-refractivity contribution in [1.29, 1.82) is 0 Å². The quantitative estimate of drug-likeness (QED) is 0.551. The van der Waals surface area contributed by atoms with Gasteiger partial charge in [0.2, 0.25) is 5.91 Å². The van der Waals surface area contributed by atoms with Gasteiger partial charge in [0.05, 0.1) is 5.60 Å². The second kappa shape index (κ2) is 5.87. The Hall–Kier alpha value is -0.280. The maximum Gasteiger partial charge on any atom is 0.222 e. The van der Waals surface area contributed by atoms with Gasteiger partial charge in [-0.25, -0.2) is 0 Å². The summed E-state index contributed by atoms with van der Waals surface area (Å²) in [4.78, 5) is 13.5. The number of rotatable bonds is 5. The summed E-state index contributed by atoms with van der Waals surface area (Å²) in [5, 5.41) is 0. The van der Waals surface area contributed by atoms with Gasteiger partial charge in [-0.2, -0.15) is 0 Å². The van der Waals surface area contributed by atoms with Gasteiger partial charge in [-0.15, -0.1) is 11.6 Å². The molecule has 1 unspecified atom stereocenters. The molecule has 1 rings (SSSR count). The van der Waals surface area contributed by atoms with E-state index in [0.717, 1.165) is 19.5 Å². The average molecular weight is 248 g/mol.